The fraction of sp³-hybridized carbons (Fsp3) is 0.417. The third-order valence-electron chi connectivity index (χ3n) is 5.95. The van der Waals surface area contributed by atoms with Crippen LogP contribution in [0.25, 0.3) is 0 Å². The molecule has 1 aromatic heterocycles. The number of alkyl halides is 6. The number of carboxylic acid groups (broad SMARTS) is 2. The molecule has 0 saturated carbocycles. The molecule has 0 aliphatic carbocycles. The van der Waals surface area contributed by atoms with Crippen LogP contribution in [0.2, 0.25) is 0 Å². The Morgan fingerprint density at radius 2 is 1.62 bits per heavy atom. The van der Waals surface area contributed by atoms with Crippen LogP contribution in [0, 0.1) is 17.2 Å². The number of halogens is 7. The monoisotopic (exact) mass is 583 g/mol. The van der Waals surface area contributed by atoms with E-state index in [-0.39, 0.29) is 17.1 Å². The van der Waals surface area contributed by atoms with E-state index in [2.05, 4.69) is 15.2 Å². The molecule has 1 amide bonds. The average Bonchev–Trinajstić information content (AvgIpc) is 3.41. The number of nitrogens with one attached hydrogen (secondary N) is 1. The number of aliphatic carboxylic acids is 2. The number of benzene rings is 1. The predicted octanol–water partition coefficient (Wildman–Crippen LogP) is 3.37. The number of ether oxygens (including phenoxy) is 1. The zero-order chi connectivity index (χ0) is 30.1. The number of hydrogen-bond acceptors (Lipinski definition) is 6. The van der Waals surface area contributed by atoms with Gasteiger partial charge in [-0.3, -0.25) is 14.7 Å². The standard InChI is InChI=1S/C20H22FN3O2.2C2HF3O2/c21-18-6-2-1-4-16(18)9-24-10-17-11-26-14-20(17,13-24)12-23-19(25)15-5-3-7-22-8-15;2*3-2(4,5)1(6)7/h1-8,17H,9-14H2,(H,23,25);2*(H,6,7)/t17-,20+;;/m1../s1. The Balaban J connectivity index is 0.000000333. The molecule has 0 unspecified atom stereocenters. The van der Waals surface area contributed by atoms with Crippen molar-refractivity contribution in [1.82, 2.24) is 15.2 Å². The van der Waals surface area contributed by atoms with E-state index in [1.54, 1.807) is 30.6 Å². The zero-order valence-corrected chi connectivity index (χ0v) is 20.5. The highest BCUT2D eigenvalue weighted by atomic mass is 19.4. The Labute approximate surface area is 222 Å². The van der Waals surface area contributed by atoms with Crippen LogP contribution >= 0.6 is 0 Å². The highest BCUT2D eigenvalue weighted by molar-refractivity contribution is 5.93. The summed E-state index contributed by atoms with van der Waals surface area (Å²) in [6.45, 7) is 4.10. The van der Waals surface area contributed by atoms with Crippen LogP contribution in [0.3, 0.4) is 0 Å². The number of carboxylic acids is 2. The molecule has 2 aliphatic heterocycles. The minimum Gasteiger partial charge on any atom is -0.475 e. The van der Waals surface area contributed by atoms with E-state index in [0.717, 1.165) is 13.1 Å². The van der Waals surface area contributed by atoms with Crippen LogP contribution in [0.1, 0.15) is 15.9 Å². The number of aromatic nitrogens is 1. The fourth-order valence-electron chi connectivity index (χ4n) is 4.04. The number of carbonyl (C=O) groups excluding carboxylic acids is 1. The molecule has 3 heterocycles. The largest absolute Gasteiger partial charge is 0.490 e. The molecule has 3 N–H and O–H groups in total. The van der Waals surface area contributed by atoms with E-state index < -0.39 is 24.3 Å². The van der Waals surface area contributed by atoms with Crippen molar-refractivity contribution < 1.29 is 60.1 Å². The number of amides is 1. The zero-order valence-electron chi connectivity index (χ0n) is 20.5. The van der Waals surface area contributed by atoms with Crippen LogP contribution in [-0.4, -0.2) is 83.1 Å². The number of likely N-dealkylation sites (tertiary alicyclic amines) is 1. The first-order valence-electron chi connectivity index (χ1n) is 11.4. The van der Waals surface area contributed by atoms with Gasteiger partial charge in [-0.1, -0.05) is 18.2 Å². The fourth-order valence-corrected chi connectivity index (χ4v) is 4.04. The van der Waals surface area contributed by atoms with Crippen molar-refractivity contribution in [2.24, 2.45) is 11.3 Å². The van der Waals surface area contributed by atoms with Crippen LogP contribution < -0.4 is 5.32 Å². The highest BCUT2D eigenvalue weighted by Crippen LogP contribution is 2.41. The third-order valence-corrected chi connectivity index (χ3v) is 5.95. The quantitative estimate of drug-likeness (QED) is 0.458. The van der Waals surface area contributed by atoms with Crippen molar-refractivity contribution >= 4 is 17.8 Å². The Hall–Kier alpha value is -3.79. The molecule has 0 radical (unpaired) electrons. The number of nitrogens with zero attached hydrogens (tertiary/aromatic N) is 2. The van der Waals surface area contributed by atoms with Crippen molar-refractivity contribution in [1.29, 1.82) is 0 Å². The average molecular weight is 583 g/mol. The summed E-state index contributed by atoms with van der Waals surface area (Å²) in [7, 11) is 0. The topological polar surface area (TPSA) is 129 Å². The first-order chi connectivity index (χ1) is 18.5. The van der Waals surface area contributed by atoms with Crippen LogP contribution in [0.15, 0.2) is 48.8 Å². The van der Waals surface area contributed by atoms with Crippen LogP contribution in [-0.2, 0) is 20.9 Å². The second-order valence-corrected chi connectivity index (χ2v) is 8.87. The Morgan fingerprint density at radius 3 is 2.15 bits per heavy atom. The lowest BCUT2D eigenvalue weighted by Gasteiger charge is -2.27. The number of rotatable bonds is 5. The molecule has 2 aliphatic rings. The number of fused-ring (bicyclic) bond motifs is 1. The van der Waals surface area contributed by atoms with Gasteiger partial charge in [-0.2, -0.15) is 26.3 Å². The molecule has 0 bridgehead atoms. The van der Waals surface area contributed by atoms with Crippen molar-refractivity contribution in [3.05, 3.63) is 65.7 Å². The van der Waals surface area contributed by atoms with Gasteiger partial charge in [-0.25, -0.2) is 14.0 Å². The molecule has 40 heavy (non-hydrogen) atoms. The summed E-state index contributed by atoms with van der Waals surface area (Å²) in [5.41, 5.74) is 1.16. The molecule has 220 valence electrons. The van der Waals surface area contributed by atoms with E-state index in [4.69, 9.17) is 24.5 Å². The molecule has 2 atom stereocenters. The number of hydrogen-bond donors (Lipinski definition) is 3. The van der Waals surface area contributed by atoms with Crippen LogP contribution in [0.5, 0.6) is 0 Å². The molecule has 0 spiro atoms. The summed E-state index contributed by atoms with van der Waals surface area (Å²) in [5.74, 6) is -5.45. The van der Waals surface area contributed by atoms with Gasteiger partial charge in [0, 0.05) is 55.5 Å². The molecule has 2 saturated heterocycles. The maximum absolute atomic E-state index is 14.0. The van der Waals surface area contributed by atoms with Gasteiger partial charge in [0.25, 0.3) is 5.91 Å². The maximum Gasteiger partial charge on any atom is 0.490 e. The van der Waals surface area contributed by atoms with Gasteiger partial charge in [0.15, 0.2) is 0 Å². The van der Waals surface area contributed by atoms with E-state index in [0.29, 0.717) is 43.3 Å². The van der Waals surface area contributed by atoms with Gasteiger partial charge >= 0.3 is 24.3 Å². The summed E-state index contributed by atoms with van der Waals surface area (Å²) in [4.78, 5) is 36.4. The predicted molar refractivity (Wildman–Crippen MR) is 122 cm³/mol. The van der Waals surface area contributed by atoms with Crippen molar-refractivity contribution in [3.8, 4) is 0 Å². The number of pyridine rings is 1. The Bertz CT molecular complexity index is 1140. The van der Waals surface area contributed by atoms with Crippen LogP contribution in [0.4, 0.5) is 30.7 Å². The molecule has 4 rings (SSSR count). The van der Waals surface area contributed by atoms with Crippen molar-refractivity contribution in [2.75, 3.05) is 32.8 Å². The summed E-state index contributed by atoms with van der Waals surface area (Å²) >= 11 is 0. The first-order valence-corrected chi connectivity index (χ1v) is 11.4. The lowest BCUT2D eigenvalue weighted by atomic mass is 9.81. The second-order valence-electron chi connectivity index (χ2n) is 8.87. The molecular formula is C24H24F7N3O6. The SMILES string of the molecule is O=C(NC[C@]12COC[C@H]1CN(Cc1ccccc1F)C2)c1cccnc1.O=C(O)C(F)(F)F.O=C(O)C(F)(F)F. The smallest absolute Gasteiger partial charge is 0.475 e. The van der Waals surface area contributed by atoms with Crippen molar-refractivity contribution in [2.45, 2.75) is 18.9 Å². The van der Waals surface area contributed by atoms with Gasteiger partial charge in [0.05, 0.1) is 18.8 Å². The van der Waals surface area contributed by atoms with E-state index in [1.165, 1.54) is 6.07 Å². The second kappa shape index (κ2) is 13.5. The normalized spacial score (nSPS) is 20.3. The lowest BCUT2D eigenvalue weighted by molar-refractivity contribution is -0.193. The molecule has 9 nitrogen and oxygen atoms in total. The highest BCUT2D eigenvalue weighted by Gasteiger charge is 2.50. The molecule has 1 aromatic carbocycles. The molecule has 16 heteroatoms. The Morgan fingerprint density at radius 1 is 1.02 bits per heavy atom. The minimum atomic E-state index is -5.08. The first kappa shape index (κ1) is 32.4. The Kier molecular flexibility index (Phi) is 11.0. The molecular weight excluding hydrogens is 559 g/mol. The summed E-state index contributed by atoms with van der Waals surface area (Å²) in [5, 5.41) is 17.3. The van der Waals surface area contributed by atoms with Crippen molar-refractivity contribution in [3.63, 3.8) is 0 Å². The molecule has 2 aromatic rings. The summed E-state index contributed by atoms with van der Waals surface area (Å²) in [6, 6.07) is 10.4. The van der Waals surface area contributed by atoms with Gasteiger partial charge in [0.2, 0.25) is 0 Å². The minimum absolute atomic E-state index is 0.108. The lowest BCUT2D eigenvalue weighted by Crippen LogP contribution is -2.43. The maximum atomic E-state index is 14.0. The van der Waals surface area contributed by atoms with E-state index >= 15 is 0 Å². The van der Waals surface area contributed by atoms with E-state index in [1.807, 2.05) is 12.1 Å². The number of carbonyl (C=O) groups is 3. The van der Waals surface area contributed by atoms with Gasteiger partial charge < -0.3 is 20.3 Å². The molecule has 2 fully saturated rings. The van der Waals surface area contributed by atoms with Gasteiger partial charge in [-0.05, 0) is 18.2 Å². The summed E-state index contributed by atoms with van der Waals surface area (Å²) < 4.78 is 83.1. The van der Waals surface area contributed by atoms with E-state index in [9.17, 15) is 35.5 Å². The third kappa shape index (κ3) is 9.44. The van der Waals surface area contributed by atoms with Gasteiger partial charge in [0.1, 0.15) is 5.82 Å². The van der Waals surface area contributed by atoms with Gasteiger partial charge in [-0.15, -0.1) is 0 Å². The summed E-state index contributed by atoms with van der Waals surface area (Å²) in [6.07, 6.45) is -6.96.